The van der Waals surface area contributed by atoms with E-state index in [2.05, 4.69) is 5.32 Å². The number of hydrogen-bond donors (Lipinski definition) is 2. The minimum absolute atomic E-state index is 0.0979. The van der Waals surface area contributed by atoms with Gasteiger partial charge in [-0.3, -0.25) is 14.3 Å². The monoisotopic (exact) mass is 191 g/mol. The third-order valence-electron chi connectivity index (χ3n) is 1.97. The molecule has 2 N–H and O–H groups in total. The van der Waals surface area contributed by atoms with Crippen molar-refractivity contribution < 1.29 is 14.1 Å². The SMILES string of the molecule is CC[C@H]1C[S@@](=O)C[C@@H](C(=O)O)N1. The summed E-state index contributed by atoms with van der Waals surface area (Å²) >= 11 is 0. The van der Waals surface area contributed by atoms with Gasteiger partial charge in [-0.2, -0.15) is 0 Å². The molecule has 12 heavy (non-hydrogen) atoms. The number of carbonyl (C=O) groups is 1. The molecular weight excluding hydrogens is 178 g/mol. The maximum absolute atomic E-state index is 11.2. The largest absolute Gasteiger partial charge is 0.480 e. The Balaban J connectivity index is 2.56. The van der Waals surface area contributed by atoms with Crippen LogP contribution in [0.5, 0.6) is 0 Å². The first kappa shape index (κ1) is 9.67. The molecule has 1 fully saturated rings. The molecule has 0 unspecified atom stereocenters. The molecule has 1 saturated heterocycles. The van der Waals surface area contributed by atoms with E-state index in [1.165, 1.54) is 0 Å². The highest BCUT2D eigenvalue weighted by molar-refractivity contribution is 7.85. The van der Waals surface area contributed by atoms with Crippen molar-refractivity contribution in [2.75, 3.05) is 11.5 Å². The summed E-state index contributed by atoms with van der Waals surface area (Å²) in [6.45, 7) is 1.96. The standard InChI is InChI=1S/C7H13NO3S/c1-2-5-3-12(11)4-6(8-5)7(9)10/h5-6,8H,2-4H2,1H3,(H,9,10)/t5-,6-,12+/m0/s1. The van der Waals surface area contributed by atoms with Gasteiger partial charge < -0.3 is 5.11 Å². The second-order valence-electron chi connectivity index (χ2n) is 2.94. The molecule has 0 aromatic heterocycles. The predicted octanol–water partition coefficient (Wildman–Crippen LogP) is -0.430. The fraction of sp³-hybridized carbons (Fsp3) is 0.857. The Morgan fingerprint density at radius 2 is 2.33 bits per heavy atom. The Hall–Kier alpha value is -0.420. The molecule has 70 valence electrons. The zero-order valence-electron chi connectivity index (χ0n) is 6.95. The molecule has 0 amide bonds. The van der Waals surface area contributed by atoms with Gasteiger partial charge in [0.1, 0.15) is 6.04 Å². The van der Waals surface area contributed by atoms with Crippen LogP contribution in [0.4, 0.5) is 0 Å². The summed E-state index contributed by atoms with van der Waals surface area (Å²) in [5, 5.41) is 11.6. The van der Waals surface area contributed by atoms with Crippen molar-refractivity contribution in [3.63, 3.8) is 0 Å². The Labute approximate surface area is 73.8 Å². The first-order valence-corrected chi connectivity index (χ1v) is 5.46. The van der Waals surface area contributed by atoms with Crippen molar-refractivity contribution in [3.05, 3.63) is 0 Å². The minimum Gasteiger partial charge on any atom is -0.480 e. The van der Waals surface area contributed by atoms with Gasteiger partial charge in [-0.05, 0) is 6.42 Å². The zero-order chi connectivity index (χ0) is 9.14. The van der Waals surface area contributed by atoms with E-state index >= 15 is 0 Å². The quantitative estimate of drug-likeness (QED) is 0.621. The summed E-state index contributed by atoms with van der Waals surface area (Å²) in [7, 11) is -0.964. The van der Waals surface area contributed by atoms with Crippen LogP contribution in [0, 0.1) is 0 Å². The van der Waals surface area contributed by atoms with Gasteiger partial charge >= 0.3 is 5.97 Å². The first-order chi connectivity index (χ1) is 5.63. The lowest BCUT2D eigenvalue weighted by Gasteiger charge is -2.26. The van der Waals surface area contributed by atoms with E-state index in [4.69, 9.17) is 5.11 Å². The van der Waals surface area contributed by atoms with Gasteiger partial charge in [0.05, 0.1) is 0 Å². The molecule has 0 aromatic carbocycles. The van der Waals surface area contributed by atoms with Crippen LogP contribution in [-0.2, 0) is 15.6 Å². The number of aliphatic carboxylic acids is 1. The lowest BCUT2D eigenvalue weighted by atomic mass is 10.2. The van der Waals surface area contributed by atoms with Gasteiger partial charge in [-0.25, -0.2) is 0 Å². The molecule has 0 aliphatic carbocycles. The maximum atomic E-state index is 11.2. The smallest absolute Gasteiger partial charge is 0.321 e. The van der Waals surface area contributed by atoms with Gasteiger partial charge in [-0.1, -0.05) is 6.92 Å². The third kappa shape index (κ3) is 2.28. The van der Waals surface area contributed by atoms with E-state index in [9.17, 15) is 9.00 Å². The normalized spacial score (nSPS) is 36.2. The molecule has 0 spiro atoms. The number of carboxylic acid groups (broad SMARTS) is 1. The molecule has 1 aliphatic heterocycles. The molecule has 0 aromatic rings. The van der Waals surface area contributed by atoms with E-state index in [0.717, 1.165) is 6.42 Å². The number of rotatable bonds is 2. The minimum atomic E-state index is -0.964. The molecule has 4 nitrogen and oxygen atoms in total. The molecule has 1 heterocycles. The van der Waals surface area contributed by atoms with Crippen LogP contribution >= 0.6 is 0 Å². The predicted molar refractivity (Wildman–Crippen MR) is 46.5 cm³/mol. The summed E-state index contributed by atoms with van der Waals surface area (Å²) < 4.78 is 11.2. The van der Waals surface area contributed by atoms with Crippen LogP contribution in [0.2, 0.25) is 0 Å². The molecule has 5 heteroatoms. The van der Waals surface area contributed by atoms with E-state index in [1.54, 1.807) is 0 Å². The number of carboxylic acids is 1. The van der Waals surface area contributed by atoms with Crippen LogP contribution in [0.3, 0.4) is 0 Å². The van der Waals surface area contributed by atoms with Crippen molar-refractivity contribution in [2.24, 2.45) is 0 Å². The van der Waals surface area contributed by atoms with Gasteiger partial charge in [0, 0.05) is 28.3 Å². The number of hydrogen-bond acceptors (Lipinski definition) is 3. The lowest BCUT2D eigenvalue weighted by molar-refractivity contribution is -0.139. The Morgan fingerprint density at radius 3 is 2.83 bits per heavy atom. The molecule has 1 rings (SSSR count). The first-order valence-electron chi connectivity index (χ1n) is 3.97. The molecule has 1 aliphatic rings. The Morgan fingerprint density at radius 1 is 1.67 bits per heavy atom. The average molecular weight is 191 g/mol. The summed E-state index contributed by atoms with van der Waals surface area (Å²) in [5.41, 5.74) is 0. The molecule has 0 radical (unpaired) electrons. The van der Waals surface area contributed by atoms with Gasteiger partial charge in [0.25, 0.3) is 0 Å². The van der Waals surface area contributed by atoms with Crippen LogP contribution in [0.1, 0.15) is 13.3 Å². The summed E-state index contributed by atoms with van der Waals surface area (Å²) in [6, 6.07) is -0.523. The summed E-state index contributed by atoms with van der Waals surface area (Å²) in [4.78, 5) is 10.6. The molecular formula is C7H13NO3S. The topological polar surface area (TPSA) is 66.4 Å². The van der Waals surface area contributed by atoms with E-state index in [-0.39, 0.29) is 11.8 Å². The van der Waals surface area contributed by atoms with Gasteiger partial charge in [-0.15, -0.1) is 0 Å². The van der Waals surface area contributed by atoms with Crippen molar-refractivity contribution in [1.82, 2.24) is 5.32 Å². The van der Waals surface area contributed by atoms with Crippen molar-refractivity contribution in [3.8, 4) is 0 Å². The van der Waals surface area contributed by atoms with E-state index < -0.39 is 22.8 Å². The average Bonchev–Trinajstić information content (AvgIpc) is 2.03. The highest BCUT2D eigenvalue weighted by atomic mass is 32.2. The van der Waals surface area contributed by atoms with Crippen molar-refractivity contribution in [1.29, 1.82) is 0 Å². The fourth-order valence-electron chi connectivity index (χ4n) is 1.24. The lowest BCUT2D eigenvalue weighted by Crippen LogP contribution is -2.53. The maximum Gasteiger partial charge on any atom is 0.321 e. The highest BCUT2D eigenvalue weighted by Crippen LogP contribution is 2.05. The van der Waals surface area contributed by atoms with Crippen LogP contribution in [0.15, 0.2) is 0 Å². The summed E-state index contributed by atoms with van der Waals surface area (Å²) in [6.07, 6.45) is 0.829. The molecule has 3 atom stereocenters. The van der Waals surface area contributed by atoms with Crippen molar-refractivity contribution >= 4 is 16.8 Å². The third-order valence-corrected chi connectivity index (χ3v) is 3.45. The van der Waals surface area contributed by atoms with E-state index in [1.807, 2.05) is 6.92 Å². The molecule has 0 saturated carbocycles. The van der Waals surface area contributed by atoms with Crippen LogP contribution in [0.25, 0.3) is 0 Å². The van der Waals surface area contributed by atoms with Gasteiger partial charge in [0.2, 0.25) is 0 Å². The fourth-order valence-corrected chi connectivity index (χ4v) is 2.76. The van der Waals surface area contributed by atoms with Gasteiger partial charge in [0.15, 0.2) is 0 Å². The molecule has 0 bridgehead atoms. The van der Waals surface area contributed by atoms with Crippen LogP contribution in [-0.4, -0.2) is 38.9 Å². The van der Waals surface area contributed by atoms with E-state index in [0.29, 0.717) is 5.75 Å². The second kappa shape index (κ2) is 4.00. The van der Waals surface area contributed by atoms with Crippen LogP contribution < -0.4 is 5.32 Å². The van der Waals surface area contributed by atoms with Crippen molar-refractivity contribution in [2.45, 2.75) is 25.4 Å². The second-order valence-corrected chi connectivity index (χ2v) is 4.48. The Bertz CT molecular complexity index is 207. The highest BCUT2D eigenvalue weighted by Gasteiger charge is 2.28. The zero-order valence-corrected chi connectivity index (χ0v) is 7.76. The summed E-state index contributed by atoms with van der Waals surface area (Å²) in [5.74, 6) is -0.0759. The number of nitrogens with one attached hydrogen (secondary N) is 1. The Kier molecular flexibility index (Phi) is 3.22.